The van der Waals surface area contributed by atoms with E-state index in [-0.39, 0.29) is 16.9 Å². The number of nitrogens with zero attached hydrogens (tertiary/aromatic N) is 2. The lowest BCUT2D eigenvalue weighted by atomic mass is 9.72. The van der Waals surface area contributed by atoms with Gasteiger partial charge in [-0.2, -0.15) is 0 Å². The van der Waals surface area contributed by atoms with Gasteiger partial charge in [0.2, 0.25) is 0 Å². The monoisotopic (exact) mass is 438 g/mol. The van der Waals surface area contributed by atoms with Gasteiger partial charge in [-0.25, -0.2) is 9.78 Å². The third-order valence-corrected chi connectivity index (χ3v) is 7.38. The Kier molecular flexibility index (Phi) is 6.02. The largest absolute Gasteiger partial charge is 0.462 e. The van der Waals surface area contributed by atoms with Crippen LogP contribution in [0.4, 0.5) is 0 Å². The fourth-order valence-corrected chi connectivity index (χ4v) is 5.58. The van der Waals surface area contributed by atoms with Crippen LogP contribution in [-0.2, 0) is 24.1 Å². The van der Waals surface area contributed by atoms with Crippen LogP contribution in [0.5, 0.6) is 0 Å². The van der Waals surface area contributed by atoms with Crippen LogP contribution in [0.1, 0.15) is 66.9 Å². The van der Waals surface area contributed by atoms with E-state index in [0.29, 0.717) is 24.6 Å². The molecule has 0 fully saturated rings. The molecule has 0 N–H and O–H groups in total. The zero-order valence-corrected chi connectivity index (χ0v) is 19.6. The van der Waals surface area contributed by atoms with E-state index in [1.807, 2.05) is 19.1 Å². The smallest absolute Gasteiger partial charge is 0.338 e. The van der Waals surface area contributed by atoms with Crippen LogP contribution in [0.25, 0.3) is 10.2 Å². The van der Waals surface area contributed by atoms with E-state index in [0.717, 1.165) is 41.5 Å². The number of esters is 1. The van der Waals surface area contributed by atoms with Crippen LogP contribution in [0, 0.1) is 11.3 Å². The molecule has 0 amide bonds. The van der Waals surface area contributed by atoms with Crippen molar-refractivity contribution in [2.24, 2.45) is 11.3 Å². The Balaban J connectivity index is 1.63. The lowest BCUT2D eigenvalue weighted by Crippen LogP contribution is -2.27. The van der Waals surface area contributed by atoms with Crippen molar-refractivity contribution in [3.05, 3.63) is 62.5 Å². The highest BCUT2D eigenvalue weighted by Gasteiger charge is 2.31. The molecular weight excluding hydrogens is 408 g/mol. The van der Waals surface area contributed by atoms with Gasteiger partial charge in [0.15, 0.2) is 0 Å². The average molecular weight is 439 g/mol. The number of aryl methyl sites for hydroxylation is 1. The molecule has 3 aromatic rings. The minimum atomic E-state index is -0.329. The molecule has 1 aliphatic carbocycles. The van der Waals surface area contributed by atoms with Crippen LogP contribution < -0.4 is 5.56 Å². The van der Waals surface area contributed by atoms with Gasteiger partial charge < -0.3 is 4.74 Å². The summed E-state index contributed by atoms with van der Waals surface area (Å²) in [5.74, 6) is 0.301. The van der Waals surface area contributed by atoms with Crippen LogP contribution >= 0.6 is 11.3 Å². The fraction of sp³-hybridized carbons (Fsp3) is 0.480. The molecule has 164 valence electrons. The Morgan fingerprint density at radius 3 is 2.87 bits per heavy atom. The SMILES string of the molecule is CCCOC(=O)c1cccc(Cn2cnc3sc4c(c3c2=O)CCC(C(C)(C)C)C4)c1. The maximum atomic E-state index is 13.3. The first-order chi connectivity index (χ1) is 14.8. The number of hydrogen-bond donors (Lipinski definition) is 0. The second-order valence-corrected chi connectivity index (χ2v) is 10.6. The highest BCUT2D eigenvalue weighted by Crippen LogP contribution is 2.41. The fourth-order valence-electron chi connectivity index (χ4n) is 4.32. The molecule has 2 heterocycles. The summed E-state index contributed by atoms with van der Waals surface area (Å²) in [6.07, 6.45) is 5.50. The number of rotatable bonds is 5. The first kappa shape index (κ1) is 21.8. The third kappa shape index (κ3) is 4.45. The Morgan fingerprint density at radius 2 is 2.13 bits per heavy atom. The van der Waals surface area contributed by atoms with Crippen molar-refractivity contribution in [2.45, 2.75) is 59.9 Å². The molecule has 0 bridgehead atoms. The molecular formula is C25H30N2O3S. The van der Waals surface area contributed by atoms with E-state index in [1.54, 1.807) is 34.4 Å². The standard InChI is InChI=1S/C25H30N2O3S/c1-5-11-30-24(29)17-8-6-7-16(12-17)14-27-15-26-22-21(23(27)28)19-10-9-18(25(2,3)4)13-20(19)31-22/h6-8,12,15,18H,5,9-11,13-14H2,1-4H3. The van der Waals surface area contributed by atoms with Crippen molar-refractivity contribution in [3.8, 4) is 0 Å². The van der Waals surface area contributed by atoms with Gasteiger partial charge in [0.1, 0.15) is 4.83 Å². The summed E-state index contributed by atoms with van der Waals surface area (Å²) in [6, 6.07) is 7.29. The minimum absolute atomic E-state index is 0.00988. The molecule has 31 heavy (non-hydrogen) atoms. The molecule has 6 heteroatoms. The molecule has 0 saturated carbocycles. The molecule has 0 aliphatic heterocycles. The van der Waals surface area contributed by atoms with Gasteiger partial charge >= 0.3 is 5.97 Å². The first-order valence-corrected chi connectivity index (χ1v) is 11.8. The van der Waals surface area contributed by atoms with Crippen molar-refractivity contribution in [1.82, 2.24) is 9.55 Å². The predicted octanol–water partition coefficient (Wildman–Crippen LogP) is 5.22. The highest BCUT2D eigenvalue weighted by atomic mass is 32.1. The van der Waals surface area contributed by atoms with Crippen LogP contribution in [0.2, 0.25) is 0 Å². The molecule has 1 atom stereocenters. The second-order valence-electron chi connectivity index (χ2n) is 9.50. The average Bonchev–Trinajstić information content (AvgIpc) is 3.12. The minimum Gasteiger partial charge on any atom is -0.462 e. The van der Waals surface area contributed by atoms with Crippen molar-refractivity contribution < 1.29 is 9.53 Å². The van der Waals surface area contributed by atoms with E-state index in [1.165, 1.54) is 10.4 Å². The maximum Gasteiger partial charge on any atom is 0.338 e. The lowest BCUT2D eigenvalue weighted by Gasteiger charge is -2.33. The second kappa shape index (κ2) is 8.58. The number of carbonyl (C=O) groups is 1. The lowest BCUT2D eigenvalue weighted by molar-refractivity contribution is 0.0505. The summed E-state index contributed by atoms with van der Waals surface area (Å²) in [5, 5.41) is 0.786. The molecule has 1 unspecified atom stereocenters. The molecule has 1 aliphatic rings. The number of carbonyl (C=O) groups excluding carboxylic acids is 1. The number of aromatic nitrogens is 2. The summed E-state index contributed by atoms with van der Waals surface area (Å²) in [6.45, 7) is 9.65. The molecule has 1 aromatic carbocycles. The molecule has 5 nitrogen and oxygen atoms in total. The van der Waals surface area contributed by atoms with Gasteiger partial charge in [0.25, 0.3) is 5.56 Å². The number of fused-ring (bicyclic) bond motifs is 3. The van der Waals surface area contributed by atoms with Gasteiger partial charge in [0, 0.05) is 4.88 Å². The topological polar surface area (TPSA) is 61.2 Å². The Bertz CT molecular complexity index is 1170. The van der Waals surface area contributed by atoms with Crippen LogP contribution in [0.15, 0.2) is 35.4 Å². The number of hydrogen-bond acceptors (Lipinski definition) is 5. The number of ether oxygens (including phenoxy) is 1. The zero-order chi connectivity index (χ0) is 22.2. The Morgan fingerprint density at radius 1 is 1.32 bits per heavy atom. The van der Waals surface area contributed by atoms with E-state index in [2.05, 4.69) is 25.8 Å². The third-order valence-electron chi connectivity index (χ3n) is 6.21. The Hall–Kier alpha value is -2.47. The van der Waals surface area contributed by atoms with Crippen molar-refractivity contribution in [2.75, 3.05) is 6.61 Å². The molecule has 4 rings (SSSR count). The van der Waals surface area contributed by atoms with Gasteiger partial charge in [0.05, 0.1) is 30.4 Å². The van der Waals surface area contributed by atoms with Gasteiger partial charge in [-0.1, -0.05) is 39.8 Å². The van der Waals surface area contributed by atoms with Crippen LogP contribution in [0.3, 0.4) is 0 Å². The van der Waals surface area contributed by atoms with Crippen molar-refractivity contribution in [3.63, 3.8) is 0 Å². The van der Waals surface area contributed by atoms with E-state index >= 15 is 0 Å². The zero-order valence-electron chi connectivity index (χ0n) is 18.7. The molecule has 0 spiro atoms. The van der Waals surface area contributed by atoms with Gasteiger partial charge in [-0.15, -0.1) is 11.3 Å². The van der Waals surface area contributed by atoms with E-state index < -0.39 is 0 Å². The highest BCUT2D eigenvalue weighted by molar-refractivity contribution is 7.18. The summed E-state index contributed by atoms with van der Waals surface area (Å²) >= 11 is 1.68. The normalized spacial score (nSPS) is 16.3. The Labute approximate surface area is 187 Å². The summed E-state index contributed by atoms with van der Waals surface area (Å²) in [5.41, 5.74) is 2.87. The molecule has 2 aromatic heterocycles. The van der Waals surface area contributed by atoms with Crippen LogP contribution in [-0.4, -0.2) is 22.1 Å². The number of thiophene rings is 1. The van der Waals surface area contributed by atoms with E-state index in [4.69, 9.17) is 4.74 Å². The van der Waals surface area contributed by atoms with E-state index in [9.17, 15) is 9.59 Å². The number of benzene rings is 1. The summed E-state index contributed by atoms with van der Waals surface area (Å²) < 4.78 is 6.88. The van der Waals surface area contributed by atoms with Gasteiger partial charge in [-0.05, 0) is 60.3 Å². The quantitative estimate of drug-likeness (QED) is 0.512. The van der Waals surface area contributed by atoms with Gasteiger partial charge in [-0.3, -0.25) is 9.36 Å². The first-order valence-electron chi connectivity index (χ1n) is 11.0. The summed E-state index contributed by atoms with van der Waals surface area (Å²) in [7, 11) is 0. The van der Waals surface area contributed by atoms with Crippen molar-refractivity contribution in [1.29, 1.82) is 0 Å². The van der Waals surface area contributed by atoms with Crippen molar-refractivity contribution >= 4 is 27.5 Å². The predicted molar refractivity (Wildman–Crippen MR) is 125 cm³/mol. The molecule has 0 radical (unpaired) electrons. The molecule has 0 saturated heterocycles. The maximum absolute atomic E-state index is 13.3. The summed E-state index contributed by atoms with van der Waals surface area (Å²) in [4.78, 5) is 32.3.